The number of furan rings is 1. The minimum Gasteiger partial charge on any atom is -0.475 e. The highest BCUT2D eigenvalue weighted by atomic mass is 16.4. The summed E-state index contributed by atoms with van der Waals surface area (Å²) >= 11 is 0. The molecule has 2 aromatic heterocycles. The lowest BCUT2D eigenvalue weighted by atomic mass is 10.1. The third-order valence-corrected chi connectivity index (χ3v) is 2.51. The van der Waals surface area contributed by atoms with Gasteiger partial charge >= 0.3 is 5.97 Å². The van der Waals surface area contributed by atoms with Crippen molar-refractivity contribution in [3.05, 3.63) is 29.5 Å². The third-order valence-electron chi connectivity index (χ3n) is 2.51. The molecule has 0 aliphatic carbocycles. The largest absolute Gasteiger partial charge is 0.475 e. The first kappa shape index (κ1) is 14.7. The van der Waals surface area contributed by atoms with E-state index in [2.05, 4.69) is 20.7 Å². The van der Waals surface area contributed by atoms with Gasteiger partial charge in [0.25, 0.3) is 11.7 Å². The molecule has 0 aromatic carbocycles. The van der Waals surface area contributed by atoms with Crippen molar-refractivity contribution in [1.29, 1.82) is 0 Å². The van der Waals surface area contributed by atoms with Gasteiger partial charge in [0.2, 0.25) is 5.76 Å². The Morgan fingerprint density at radius 2 is 2.10 bits per heavy atom. The molecule has 112 valence electrons. The van der Waals surface area contributed by atoms with Gasteiger partial charge in [-0.05, 0) is 38.1 Å². The summed E-state index contributed by atoms with van der Waals surface area (Å²) in [5.74, 6) is -1.60. The Balaban J connectivity index is 1.98. The van der Waals surface area contributed by atoms with Crippen molar-refractivity contribution in [2.24, 2.45) is 0 Å². The molecule has 0 radical (unpaired) electrons. The molecule has 0 bridgehead atoms. The summed E-state index contributed by atoms with van der Waals surface area (Å²) in [4.78, 5) is 23.9. The standard InChI is InChI=1S/C12H15N5O4/c1-12(2,3)17-15-9(14-16-17)10(18)13-6-7-4-5-8(21-7)11(19)20/h4-5H,6H2,1-3H3,(H,13,18)(H,19,20). The van der Waals surface area contributed by atoms with Crippen LogP contribution in [0.2, 0.25) is 0 Å². The number of hydrogen-bond donors (Lipinski definition) is 2. The van der Waals surface area contributed by atoms with Crippen LogP contribution in [0.15, 0.2) is 16.5 Å². The number of carboxylic acids is 1. The SMILES string of the molecule is CC(C)(C)n1nnc(C(=O)NCc2ccc(C(=O)O)o2)n1. The summed E-state index contributed by atoms with van der Waals surface area (Å²) in [7, 11) is 0. The van der Waals surface area contributed by atoms with Crippen molar-refractivity contribution in [1.82, 2.24) is 25.5 Å². The van der Waals surface area contributed by atoms with Gasteiger partial charge in [-0.1, -0.05) is 0 Å². The average Bonchev–Trinajstić information content (AvgIpc) is 3.04. The number of nitrogens with zero attached hydrogens (tertiary/aromatic N) is 4. The first-order chi connectivity index (χ1) is 9.77. The average molecular weight is 293 g/mol. The molecule has 2 N–H and O–H groups in total. The van der Waals surface area contributed by atoms with Crippen LogP contribution in [0.4, 0.5) is 0 Å². The van der Waals surface area contributed by atoms with Crippen molar-refractivity contribution in [3.8, 4) is 0 Å². The second-order valence-electron chi connectivity index (χ2n) is 5.33. The van der Waals surface area contributed by atoms with E-state index in [4.69, 9.17) is 9.52 Å². The molecule has 0 fully saturated rings. The number of carbonyl (C=O) groups is 2. The van der Waals surface area contributed by atoms with E-state index in [1.54, 1.807) is 0 Å². The van der Waals surface area contributed by atoms with Crippen LogP contribution < -0.4 is 5.32 Å². The van der Waals surface area contributed by atoms with Crippen LogP contribution >= 0.6 is 0 Å². The lowest BCUT2D eigenvalue weighted by molar-refractivity contribution is 0.0660. The number of rotatable bonds is 4. The summed E-state index contributed by atoms with van der Waals surface area (Å²) in [5, 5.41) is 22.7. The molecule has 2 aromatic rings. The van der Waals surface area contributed by atoms with Gasteiger partial charge < -0.3 is 14.8 Å². The van der Waals surface area contributed by atoms with E-state index in [9.17, 15) is 9.59 Å². The fourth-order valence-corrected chi connectivity index (χ4v) is 1.42. The highest BCUT2D eigenvalue weighted by Gasteiger charge is 2.20. The summed E-state index contributed by atoms with van der Waals surface area (Å²) in [6.07, 6.45) is 0. The molecule has 0 aliphatic heterocycles. The fourth-order valence-electron chi connectivity index (χ4n) is 1.42. The van der Waals surface area contributed by atoms with E-state index in [1.165, 1.54) is 16.9 Å². The molecule has 0 saturated carbocycles. The summed E-state index contributed by atoms with van der Waals surface area (Å²) < 4.78 is 5.01. The van der Waals surface area contributed by atoms with E-state index < -0.39 is 11.9 Å². The topological polar surface area (TPSA) is 123 Å². The van der Waals surface area contributed by atoms with Crippen LogP contribution in [0.1, 0.15) is 47.7 Å². The molecular formula is C12H15N5O4. The molecule has 2 heterocycles. The lowest BCUT2D eigenvalue weighted by Crippen LogP contribution is -2.27. The zero-order valence-corrected chi connectivity index (χ0v) is 11.8. The number of hydrogen-bond acceptors (Lipinski definition) is 6. The number of aromatic nitrogens is 4. The van der Waals surface area contributed by atoms with E-state index >= 15 is 0 Å². The number of nitrogens with one attached hydrogen (secondary N) is 1. The van der Waals surface area contributed by atoms with Crippen molar-refractivity contribution < 1.29 is 19.1 Å². The van der Waals surface area contributed by atoms with Gasteiger partial charge in [-0.2, -0.15) is 4.80 Å². The quantitative estimate of drug-likeness (QED) is 0.848. The molecule has 2 rings (SSSR count). The van der Waals surface area contributed by atoms with E-state index in [0.29, 0.717) is 5.76 Å². The maximum Gasteiger partial charge on any atom is 0.371 e. The third kappa shape index (κ3) is 3.44. The number of carbonyl (C=O) groups excluding carboxylic acids is 1. The smallest absolute Gasteiger partial charge is 0.371 e. The molecule has 0 atom stereocenters. The van der Waals surface area contributed by atoms with E-state index in [1.807, 2.05) is 20.8 Å². The Morgan fingerprint density at radius 1 is 1.38 bits per heavy atom. The normalized spacial score (nSPS) is 11.4. The first-order valence-electron chi connectivity index (χ1n) is 6.18. The van der Waals surface area contributed by atoms with Crippen molar-refractivity contribution >= 4 is 11.9 Å². The minimum absolute atomic E-state index is 0.0379. The summed E-state index contributed by atoms with van der Waals surface area (Å²) in [5.41, 5.74) is -0.372. The van der Waals surface area contributed by atoms with Crippen LogP contribution in [-0.2, 0) is 12.1 Å². The van der Waals surface area contributed by atoms with Gasteiger partial charge in [0, 0.05) is 0 Å². The van der Waals surface area contributed by atoms with Gasteiger partial charge in [-0.15, -0.1) is 10.2 Å². The highest BCUT2D eigenvalue weighted by molar-refractivity contribution is 5.90. The number of amides is 1. The Morgan fingerprint density at radius 3 is 2.62 bits per heavy atom. The zero-order chi connectivity index (χ0) is 15.6. The summed E-state index contributed by atoms with van der Waals surface area (Å²) in [6.45, 7) is 5.68. The van der Waals surface area contributed by atoms with Crippen LogP contribution in [-0.4, -0.2) is 37.2 Å². The second-order valence-corrected chi connectivity index (χ2v) is 5.33. The van der Waals surface area contributed by atoms with Crippen molar-refractivity contribution in [2.75, 3.05) is 0 Å². The molecule has 0 saturated heterocycles. The minimum atomic E-state index is -1.16. The Kier molecular flexibility index (Phi) is 3.74. The van der Waals surface area contributed by atoms with Crippen molar-refractivity contribution in [2.45, 2.75) is 32.9 Å². The van der Waals surface area contributed by atoms with Gasteiger partial charge in [0.05, 0.1) is 12.1 Å². The second kappa shape index (κ2) is 5.35. The molecule has 9 nitrogen and oxygen atoms in total. The Hall–Kier alpha value is -2.71. The fraction of sp³-hybridized carbons (Fsp3) is 0.417. The zero-order valence-electron chi connectivity index (χ0n) is 11.8. The maximum atomic E-state index is 11.9. The molecule has 9 heteroatoms. The molecule has 21 heavy (non-hydrogen) atoms. The van der Waals surface area contributed by atoms with E-state index in [0.717, 1.165) is 0 Å². The van der Waals surface area contributed by atoms with Crippen LogP contribution in [0.25, 0.3) is 0 Å². The maximum absolute atomic E-state index is 11.9. The van der Waals surface area contributed by atoms with E-state index in [-0.39, 0.29) is 23.7 Å². The number of aromatic carboxylic acids is 1. The van der Waals surface area contributed by atoms with Gasteiger partial charge in [-0.25, -0.2) is 4.79 Å². The van der Waals surface area contributed by atoms with Gasteiger partial charge in [0.15, 0.2) is 0 Å². The van der Waals surface area contributed by atoms with Gasteiger partial charge in [-0.3, -0.25) is 4.79 Å². The van der Waals surface area contributed by atoms with Crippen LogP contribution in [0, 0.1) is 0 Å². The first-order valence-corrected chi connectivity index (χ1v) is 6.18. The van der Waals surface area contributed by atoms with Crippen LogP contribution in [0.3, 0.4) is 0 Å². The highest BCUT2D eigenvalue weighted by Crippen LogP contribution is 2.10. The predicted molar refractivity (Wildman–Crippen MR) is 69.7 cm³/mol. The Labute approximate surface area is 119 Å². The monoisotopic (exact) mass is 293 g/mol. The number of tetrazole rings is 1. The van der Waals surface area contributed by atoms with Gasteiger partial charge in [0.1, 0.15) is 5.76 Å². The molecule has 0 spiro atoms. The molecule has 0 unspecified atom stereocenters. The number of carboxylic acid groups (broad SMARTS) is 1. The summed E-state index contributed by atoms with van der Waals surface area (Å²) in [6, 6.07) is 2.79. The Bertz CT molecular complexity index is 667. The predicted octanol–water partition coefficient (Wildman–Crippen LogP) is 0.649. The molecular weight excluding hydrogens is 278 g/mol. The van der Waals surface area contributed by atoms with Crippen LogP contribution in [0.5, 0.6) is 0 Å². The molecule has 1 amide bonds. The van der Waals surface area contributed by atoms with Crippen molar-refractivity contribution in [3.63, 3.8) is 0 Å². The lowest BCUT2D eigenvalue weighted by Gasteiger charge is -2.15. The molecule has 0 aliphatic rings.